The van der Waals surface area contributed by atoms with Crippen LogP contribution in [0.1, 0.15) is 10.4 Å². The predicted molar refractivity (Wildman–Crippen MR) is 68.8 cm³/mol. The molecule has 82 valence electrons. The number of hydrogen-bond acceptors (Lipinski definition) is 3. The van der Waals surface area contributed by atoms with E-state index in [0.29, 0.717) is 5.56 Å². The zero-order chi connectivity index (χ0) is 11.5. The van der Waals surface area contributed by atoms with Crippen molar-refractivity contribution in [1.29, 1.82) is 0 Å². The van der Waals surface area contributed by atoms with Crippen LogP contribution in [0, 0.1) is 0 Å². The Morgan fingerprint density at radius 1 is 1.38 bits per heavy atom. The standard InChI is InChI=1S/C12H9BrO2S/c1-15-12(14)9-5-8(6-10(13)7-9)11-3-2-4-16-11/h2-7H,1H3. The number of rotatable bonds is 2. The molecule has 4 heteroatoms. The van der Waals surface area contributed by atoms with Crippen LogP contribution in [0.5, 0.6) is 0 Å². The number of methoxy groups -OCH3 is 1. The monoisotopic (exact) mass is 296 g/mol. The zero-order valence-electron chi connectivity index (χ0n) is 8.57. The summed E-state index contributed by atoms with van der Waals surface area (Å²) in [5, 5.41) is 2.01. The average Bonchev–Trinajstić information content (AvgIpc) is 2.80. The molecule has 1 aromatic carbocycles. The molecule has 2 nitrogen and oxygen atoms in total. The fourth-order valence-corrected chi connectivity index (χ4v) is 2.62. The molecule has 1 heterocycles. The number of thiophene rings is 1. The molecule has 2 aromatic rings. The lowest BCUT2D eigenvalue weighted by atomic mass is 10.1. The maximum atomic E-state index is 11.4. The molecule has 0 atom stereocenters. The highest BCUT2D eigenvalue weighted by atomic mass is 79.9. The molecule has 0 saturated carbocycles. The minimum Gasteiger partial charge on any atom is -0.465 e. The average molecular weight is 297 g/mol. The van der Waals surface area contributed by atoms with Gasteiger partial charge in [-0.1, -0.05) is 22.0 Å². The lowest BCUT2D eigenvalue weighted by Crippen LogP contribution is -2.01. The highest BCUT2D eigenvalue weighted by Crippen LogP contribution is 2.28. The van der Waals surface area contributed by atoms with Gasteiger partial charge in [-0.3, -0.25) is 0 Å². The van der Waals surface area contributed by atoms with E-state index in [1.54, 1.807) is 17.4 Å². The van der Waals surface area contributed by atoms with Gasteiger partial charge in [-0.25, -0.2) is 4.79 Å². The van der Waals surface area contributed by atoms with Gasteiger partial charge in [0.2, 0.25) is 0 Å². The normalized spacial score (nSPS) is 10.1. The zero-order valence-corrected chi connectivity index (χ0v) is 11.0. The van der Waals surface area contributed by atoms with Crippen molar-refractivity contribution in [3.8, 4) is 10.4 Å². The van der Waals surface area contributed by atoms with Gasteiger partial charge < -0.3 is 4.74 Å². The fraction of sp³-hybridized carbons (Fsp3) is 0.0833. The van der Waals surface area contributed by atoms with Crippen molar-refractivity contribution in [2.75, 3.05) is 7.11 Å². The molecule has 0 spiro atoms. The molecule has 0 amide bonds. The number of carbonyl (C=O) groups is 1. The Bertz CT molecular complexity index is 506. The second-order valence-corrected chi connectivity index (χ2v) is 5.06. The van der Waals surface area contributed by atoms with Crippen LogP contribution in [0.25, 0.3) is 10.4 Å². The first-order chi connectivity index (χ1) is 7.70. The fourth-order valence-electron chi connectivity index (χ4n) is 1.41. The van der Waals surface area contributed by atoms with Crippen molar-refractivity contribution >= 4 is 33.2 Å². The van der Waals surface area contributed by atoms with Gasteiger partial charge in [-0.05, 0) is 35.2 Å². The Balaban J connectivity index is 2.48. The van der Waals surface area contributed by atoms with Gasteiger partial charge in [0.05, 0.1) is 12.7 Å². The molecule has 0 radical (unpaired) electrons. The number of halogens is 1. The lowest BCUT2D eigenvalue weighted by molar-refractivity contribution is 0.0600. The van der Waals surface area contributed by atoms with E-state index in [2.05, 4.69) is 15.9 Å². The second-order valence-electron chi connectivity index (χ2n) is 3.20. The molecule has 0 unspecified atom stereocenters. The van der Waals surface area contributed by atoms with E-state index < -0.39 is 0 Å². The van der Waals surface area contributed by atoms with Crippen LogP contribution in [0.4, 0.5) is 0 Å². The number of hydrogen-bond donors (Lipinski definition) is 0. The summed E-state index contributed by atoms with van der Waals surface area (Å²) >= 11 is 5.03. The van der Waals surface area contributed by atoms with E-state index in [4.69, 9.17) is 4.74 Å². The first-order valence-electron chi connectivity index (χ1n) is 4.63. The number of benzene rings is 1. The van der Waals surface area contributed by atoms with Gasteiger partial charge >= 0.3 is 5.97 Å². The van der Waals surface area contributed by atoms with Crippen LogP contribution in [0.2, 0.25) is 0 Å². The SMILES string of the molecule is COC(=O)c1cc(Br)cc(-c2cccs2)c1. The Morgan fingerprint density at radius 2 is 2.19 bits per heavy atom. The summed E-state index contributed by atoms with van der Waals surface area (Å²) in [6.45, 7) is 0. The van der Waals surface area contributed by atoms with Gasteiger partial charge in [0.15, 0.2) is 0 Å². The Hall–Kier alpha value is -1.13. The molecule has 0 aliphatic rings. The molecule has 0 fully saturated rings. The summed E-state index contributed by atoms with van der Waals surface area (Å²) < 4.78 is 5.58. The Labute approximate surface area is 106 Å². The molecular weight excluding hydrogens is 288 g/mol. The van der Waals surface area contributed by atoms with E-state index >= 15 is 0 Å². The molecule has 2 rings (SSSR count). The van der Waals surface area contributed by atoms with Gasteiger partial charge in [0.1, 0.15) is 0 Å². The summed E-state index contributed by atoms with van der Waals surface area (Å²) in [7, 11) is 1.38. The van der Waals surface area contributed by atoms with Crippen LogP contribution in [0.15, 0.2) is 40.2 Å². The number of carbonyl (C=O) groups excluding carboxylic acids is 1. The van der Waals surface area contributed by atoms with Crippen LogP contribution in [-0.2, 0) is 4.74 Å². The predicted octanol–water partition coefficient (Wildman–Crippen LogP) is 3.96. The summed E-state index contributed by atoms with van der Waals surface area (Å²) in [5.41, 5.74) is 1.57. The first kappa shape index (κ1) is 11.4. The van der Waals surface area contributed by atoms with Crippen molar-refractivity contribution in [3.63, 3.8) is 0 Å². The Kier molecular flexibility index (Phi) is 3.41. The van der Waals surface area contributed by atoms with Crippen molar-refractivity contribution < 1.29 is 9.53 Å². The van der Waals surface area contributed by atoms with E-state index in [1.807, 2.05) is 29.6 Å². The molecule has 0 bridgehead atoms. The first-order valence-corrected chi connectivity index (χ1v) is 6.31. The number of ether oxygens (including phenoxy) is 1. The quantitative estimate of drug-likeness (QED) is 0.784. The maximum absolute atomic E-state index is 11.4. The maximum Gasteiger partial charge on any atom is 0.337 e. The third-order valence-corrected chi connectivity index (χ3v) is 3.50. The van der Waals surface area contributed by atoms with Gasteiger partial charge in [-0.2, -0.15) is 0 Å². The van der Waals surface area contributed by atoms with Crippen LogP contribution in [0.3, 0.4) is 0 Å². The van der Waals surface area contributed by atoms with E-state index in [1.165, 1.54) is 7.11 Å². The lowest BCUT2D eigenvalue weighted by Gasteiger charge is -2.03. The minimum absolute atomic E-state index is 0.320. The summed E-state index contributed by atoms with van der Waals surface area (Å²) in [4.78, 5) is 12.6. The minimum atomic E-state index is -0.320. The topological polar surface area (TPSA) is 26.3 Å². The molecule has 0 N–H and O–H groups in total. The van der Waals surface area contributed by atoms with Gasteiger partial charge in [-0.15, -0.1) is 11.3 Å². The van der Waals surface area contributed by atoms with E-state index in [-0.39, 0.29) is 5.97 Å². The van der Waals surface area contributed by atoms with Crippen LogP contribution in [-0.4, -0.2) is 13.1 Å². The third-order valence-electron chi connectivity index (χ3n) is 2.12. The van der Waals surface area contributed by atoms with Crippen LogP contribution < -0.4 is 0 Å². The van der Waals surface area contributed by atoms with Crippen LogP contribution >= 0.6 is 27.3 Å². The molecule has 16 heavy (non-hydrogen) atoms. The van der Waals surface area contributed by atoms with E-state index in [0.717, 1.165) is 14.9 Å². The second kappa shape index (κ2) is 4.80. The molecular formula is C12H9BrO2S. The molecule has 0 saturated heterocycles. The summed E-state index contributed by atoms with van der Waals surface area (Å²) in [6.07, 6.45) is 0. The molecule has 1 aromatic heterocycles. The highest BCUT2D eigenvalue weighted by molar-refractivity contribution is 9.10. The molecule has 0 aliphatic heterocycles. The third kappa shape index (κ3) is 2.33. The number of esters is 1. The smallest absolute Gasteiger partial charge is 0.337 e. The van der Waals surface area contributed by atoms with Crippen molar-refractivity contribution in [3.05, 3.63) is 45.7 Å². The van der Waals surface area contributed by atoms with Crippen molar-refractivity contribution in [2.45, 2.75) is 0 Å². The van der Waals surface area contributed by atoms with Crippen molar-refractivity contribution in [2.24, 2.45) is 0 Å². The molecule has 0 aliphatic carbocycles. The van der Waals surface area contributed by atoms with Gasteiger partial charge in [0, 0.05) is 9.35 Å². The largest absolute Gasteiger partial charge is 0.465 e. The van der Waals surface area contributed by atoms with E-state index in [9.17, 15) is 4.79 Å². The Morgan fingerprint density at radius 3 is 2.81 bits per heavy atom. The highest BCUT2D eigenvalue weighted by Gasteiger charge is 2.09. The van der Waals surface area contributed by atoms with Crippen molar-refractivity contribution in [1.82, 2.24) is 0 Å². The van der Waals surface area contributed by atoms with Gasteiger partial charge in [0.25, 0.3) is 0 Å². The summed E-state index contributed by atoms with van der Waals surface area (Å²) in [5.74, 6) is -0.320. The summed E-state index contributed by atoms with van der Waals surface area (Å²) in [6, 6.07) is 9.58.